The fourth-order valence-electron chi connectivity index (χ4n) is 5.43. The third-order valence-corrected chi connectivity index (χ3v) is 8.87. The molecule has 0 rings (SSSR count). The first-order valence-corrected chi connectivity index (χ1v) is 22.3. The second-order valence-corrected chi connectivity index (χ2v) is 15.6. The van der Waals surface area contributed by atoms with Gasteiger partial charge in [0.1, 0.15) is 13.2 Å². The molecule has 0 aromatic rings. The van der Waals surface area contributed by atoms with Gasteiger partial charge < -0.3 is 28.5 Å². The molecule has 0 aliphatic rings. The minimum absolute atomic E-state index is 0.176. The Labute approximate surface area is 353 Å². The second-order valence-electron chi connectivity index (χ2n) is 15.6. The summed E-state index contributed by atoms with van der Waals surface area (Å²) in [6.45, 7) is 4.62. The normalized spacial score (nSPS) is 13.7. The summed E-state index contributed by atoms with van der Waals surface area (Å²) < 4.78 is 22.6. The molecule has 0 saturated heterocycles. The summed E-state index contributed by atoms with van der Waals surface area (Å²) in [6, 6.07) is 0. The minimum Gasteiger partial charge on any atom is -0.477 e. The van der Waals surface area contributed by atoms with E-state index in [2.05, 4.69) is 98.9 Å². The molecule has 0 heterocycles. The van der Waals surface area contributed by atoms with Crippen LogP contribution in [0.1, 0.15) is 149 Å². The quantitative estimate of drug-likeness (QED) is 0.0215. The summed E-state index contributed by atoms with van der Waals surface area (Å²) in [5.41, 5.74) is 0. The molecule has 9 heteroatoms. The molecule has 0 aromatic carbocycles. The second kappa shape index (κ2) is 40.3. The molecule has 330 valence electrons. The molecule has 1 N–H and O–H groups in total. The number of aliphatic carboxylic acids is 1. The van der Waals surface area contributed by atoms with Gasteiger partial charge in [0.2, 0.25) is 0 Å². The molecule has 0 aliphatic heterocycles. The zero-order valence-electron chi connectivity index (χ0n) is 37.2. The number of hydrogen-bond donors (Lipinski definition) is 1. The fourth-order valence-corrected chi connectivity index (χ4v) is 5.43. The Morgan fingerprint density at radius 3 is 1.48 bits per heavy atom. The molecule has 0 saturated carbocycles. The molecule has 0 aliphatic carbocycles. The van der Waals surface area contributed by atoms with Gasteiger partial charge in [-0.1, -0.05) is 137 Å². The Hall–Kier alpha value is -3.53. The Morgan fingerprint density at radius 2 is 0.983 bits per heavy atom. The average molecular weight is 813 g/mol. The van der Waals surface area contributed by atoms with Crippen LogP contribution in [0, 0.1) is 0 Å². The number of allylic oxidation sites excluding steroid dienone is 14. The monoisotopic (exact) mass is 813 g/mol. The lowest BCUT2D eigenvalue weighted by Crippen LogP contribution is -2.40. The van der Waals surface area contributed by atoms with Gasteiger partial charge in [-0.05, 0) is 83.5 Å². The number of carboxylic acid groups (broad SMARTS) is 1. The van der Waals surface area contributed by atoms with Gasteiger partial charge in [0.25, 0.3) is 6.29 Å². The fraction of sp³-hybridized carbons (Fsp3) is 0.653. The molecule has 0 radical (unpaired) electrons. The van der Waals surface area contributed by atoms with Crippen LogP contribution in [0.3, 0.4) is 0 Å². The highest BCUT2D eigenvalue weighted by Gasteiger charge is 2.25. The topological polar surface area (TPSA) is 108 Å². The molecule has 2 atom stereocenters. The Bertz CT molecular complexity index is 1220. The molecule has 0 fully saturated rings. The van der Waals surface area contributed by atoms with Gasteiger partial charge in [-0.3, -0.25) is 9.59 Å². The van der Waals surface area contributed by atoms with Crippen LogP contribution in [-0.2, 0) is 33.3 Å². The van der Waals surface area contributed by atoms with Crippen LogP contribution in [-0.4, -0.2) is 87.4 Å². The van der Waals surface area contributed by atoms with E-state index in [9.17, 15) is 19.5 Å². The Balaban J connectivity index is 4.47. The number of carbonyl (C=O) groups is 3. The van der Waals surface area contributed by atoms with Crippen molar-refractivity contribution in [2.24, 2.45) is 0 Å². The highest BCUT2D eigenvalue weighted by Crippen LogP contribution is 2.12. The van der Waals surface area contributed by atoms with Gasteiger partial charge in [-0.15, -0.1) is 0 Å². The smallest absolute Gasteiger partial charge is 0.361 e. The SMILES string of the molecule is CC/C=C\C/C=C\C/C=C\C/C=C\C/C=C\C/C=C\CCCCCCC(=O)OC(COC(=O)CCCCCCC/C=C\CCC)COC(OCC[N+](C)(C)C)C(=O)O. The van der Waals surface area contributed by atoms with Gasteiger partial charge in [0.05, 0.1) is 34.4 Å². The van der Waals surface area contributed by atoms with Crippen molar-refractivity contribution >= 4 is 17.9 Å². The molecular formula is C49H82NO8+. The van der Waals surface area contributed by atoms with Crippen LogP contribution in [0.15, 0.2) is 85.1 Å². The average Bonchev–Trinajstić information content (AvgIpc) is 3.18. The van der Waals surface area contributed by atoms with Gasteiger partial charge in [-0.25, -0.2) is 4.79 Å². The molecule has 58 heavy (non-hydrogen) atoms. The van der Waals surface area contributed by atoms with Gasteiger partial charge in [0.15, 0.2) is 6.10 Å². The third-order valence-electron chi connectivity index (χ3n) is 8.87. The van der Waals surface area contributed by atoms with Crippen LogP contribution in [0.4, 0.5) is 0 Å². The number of likely N-dealkylation sites (N-methyl/N-ethyl adjacent to an activating group) is 1. The first kappa shape index (κ1) is 54.5. The number of esters is 2. The van der Waals surface area contributed by atoms with Crippen LogP contribution in [0.5, 0.6) is 0 Å². The highest BCUT2D eigenvalue weighted by atomic mass is 16.7. The van der Waals surface area contributed by atoms with Crippen molar-refractivity contribution in [3.05, 3.63) is 85.1 Å². The van der Waals surface area contributed by atoms with E-state index in [1.165, 1.54) is 6.42 Å². The van der Waals surface area contributed by atoms with Gasteiger partial charge in [0, 0.05) is 12.8 Å². The lowest BCUT2D eigenvalue weighted by Gasteiger charge is -2.25. The summed E-state index contributed by atoms with van der Waals surface area (Å²) in [4.78, 5) is 37.0. The summed E-state index contributed by atoms with van der Waals surface area (Å²) in [7, 11) is 5.93. The first-order valence-electron chi connectivity index (χ1n) is 22.3. The molecule has 0 spiro atoms. The molecular weight excluding hydrogens is 731 g/mol. The van der Waals surface area contributed by atoms with Crippen LogP contribution < -0.4 is 0 Å². The number of carboxylic acids is 1. The van der Waals surface area contributed by atoms with E-state index in [1.807, 2.05) is 21.1 Å². The molecule has 9 nitrogen and oxygen atoms in total. The molecule has 2 unspecified atom stereocenters. The number of quaternary nitrogens is 1. The zero-order chi connectivity index (χ0) is 42.8. The maximum atomic E-state index is 12.7. The molecule has 0 aromatic heterocycles. The van der Waals surface area contributed by atoms with Crippen molar-refractivity contribution < 1.29 is 42.9 Å². The van der Waals surface area contributed by atoms with Crippen molar-refractivity contribution in [1.29, 1.82) is 0 Å². The highest BCUT2D eigenvalue weighted by molar-refractivity contribution is 5.71. The van der Waals surface area contributed by atoms with Gasteiger partial charge in [-0.2, -0.15) is 0 Å². The van der Waals surface area contributed by atoms with Crippen LogP contribution >= 0.6 is 0 Å². The number of rotatable bonds is 39. The summed E-state index contributed by atoms with van der Waals surface area (Å²) in [5.74, 6) is -2.07. The number of unbranched alkanes of at least 4 members (excludes halogenated alkanes) is 10. The third kappa shape index (κ3) is 40.7. The van der Waals surface area contributed by atoms with E-state index in [-0.39, 0.29) is 38.6 Å². The van der Waals surface area contributed by atoms with Crippen LogP contribution in [0.25, 0.3) is 0 Å². The van der Waals surface area contributed by atoms with Crippen molar-refractivity contribution in [3.63, 3.8) is 0 Å². The van der Waals surface area contributed by atoms with Crippen molar-refractivity contribution in [2.45, 2.75) is 161 Å². The molecule has 0 amide bonds. The largest absolute Gasteiger partial charge is 0.477 e. The van der Waals surface area contributed by atoms with E-state index in [0.717, 1.165) is 109 Å². The van der Waals surface area contributed by atoms with E-state index in [0.29, 0.717) is 17.4 Å². The Morgan fingerprint density at radius 1 is 0.534 bits per heavy atom. The van der Waals surface area contributed by atoms with Crippen molar-refractivity contribution in [1.82, 2.24) is 0 Å². The van der Waals surface area contributed by atoms with Crippen LogP contribution in [0.2, 0.25) is 0 Å². The maximum absolute atomic E-state index is 12.7. The lowest BCUT2D eigenvalue weighted by atomic mass is 10.1. The summed E-state index contributed by atoms with van der Waals surface area (Å²) in [5, 5.41) is 9.62. The van der Waals surface area contributed by atoms with E-state index in [4.69, 9.17) is 18.9 Å². The molecule has 0 bridgehead atoms. The van der Waals surface area contributed by atoms with E-state index in [1.54, 1.807) is 0 Å². The number of hydrogen-bond acceptors (Lipinski definition) is 7. The summed E-state index contributed by atoms with van der Waals surface area (Å²) >= 11 is 0. The summed E-state index contributed by atoms with van der Waals surface area (Å²) in [6.07, 6.45) is 47.9. The maximum Gasteiger partial charge on any atom is 0.361 e. The minimum atomic E-state index is -1.52. The van der Waals surface area contributed by atoms with Crippen molar-refractivity contribution in [3.8, 4) is 0 Å². The Kier molecular flexibility index (Phi) is 37.8. The zero-order valence-corrected chi connectivity index (χ0v) is 37.2. The van der Waals surface area contributed by atoms with E-state index < -0.39 is 24.3 Å². The number of carbonyl (C=O) groups excluding carboxylic acids is 2. The van der Waals surface area contributed by atoms with E-state index >= 15 is 0 Å². The standard InChI is InChI=1S/C49H81NO8/c1-6-8-10-12-14-16-18-19-20-21-22-23-24-25-26-27-28-29-30-32-34-36-38-40-47(52)58-45(44-57-49(48(53)54)55-42-41-50(3,4)5)43-56-46(51)39-37-35-33-31-17-15-13-11-9-7-2/h8,10-11,13-14,16,19-20,22-23,25-26,28-29,45,49H,6-7,9,12,15,17-18,21,24,27,30-44H2,1-5H3/p+1/b10-8-,13-11-,16-14-,20-19-,23-22-,26-25-,29-28-. The predicted octanol–water partition coefficient (Wildman–Crippen LogP) is 11.7. The number of ether oxygens (including phenoxy) is 4. The predicted molar refractivity (Wildman–Crippen MR) is 239 cm³/mol. The first-order chi connectivity index (χ1) is 28.1. The van der Waals surface area contributed by atoms with Gasteiger partial charge >= 0.3 is 17.9 Å². The number of nitrogens with zero attached hydrogens (tertiary/aromatic N) is 1. The lowest BCUT2D eigenvalue weighted by molar-refractivity contribution is -0.870. The van der Waals surface area contributed by atoms with Crippen molar-refractivity contribution in [2.75, 3.05) is 47.5 Å².